The minimum Gasteiger partial charge on any atom is -0.489 e. The predicted molar refractivity (Wildman–Crippen MR) is 93.8 cm³/mol. The minimum absolute atomic E-state index is 0.134. The van der Waals surface area contributed by atoms with E-state index in [2.05, 4.69) is 20.6 Å². The summed E-state index contributed by atoms with van der Waals surface area (Å²) >= 11 is 0. The van der Waals surface area contributed by atoms with Gasteiger partial charge < -0.3 is 20.4 Å². The molecule has 1 saturated heterocycles. The Morgan fingerprint density at radius 2 is 2.24 bits per heavy atom. The molecule has 132 valence electrons. The van der Waals surface area contributed by atoms with Gasteiger partial charge in [0.05, 0.1) is 12.2 Å². The van der Waals surface area contributed by atoms with Crippen molar-refractivity contribution in [3.63, 3.8) is 0 Å². The highest BCUT2D eigenvalue weighted by molar-refractivity contribution is 5.95. The second-order valence-corrected chi connectivity index (χ2v) is 6.24. The lowest BCUT2D eigenvalue weighted by Crippen LogP contribution is -2.31. The van der Waals surface area contributed by atoms with Crippen molar-refractivity contribution in [2.45, 2.75) is 32.9 Å². The first kappa shape index (κ1) is 17.2. The molecule has 3 N–H and O–H groups in total. The number of rotatable bonds is 5. The minimum atomic E-state index is -0.410. The molecule has 3 rings (SSSR count). The molecule has 1 unspecified atom stereocenters. The van der Waals surface area contributed by atoms with E-state index < -0.39 is 5.91 Å². The van der Waals surface area contributed by atoms with Gasteiger partial charge in [-0.2, -0.15) is 0 Å². The third-order valence-electron chi connectivity index (χ3n) is 4.13. The topological polar surface area (TPSA) is 96.1 Å². The maximum absolute atomic E-state index is 12.3. The van der Waals surface area contributed by atoms with Crippen LogP contribution >= 0.6 is 0 Å². The molecule has 1 amide bonds. The molecule has 0 saturated carbocycles. The summed E-state index contributed by atoms with van der Waals surface area (Å²) in [5.74, 6) is 0.323. The lowest BCUT2D eigenvalue weighted by molar-refractivity contribution is 0.0948. The highest BCUT2D eigenvalue weighted by atomic mass is 16.5. The van der Waals surface area contributed by atoms with Gasteiger partial charge in [-0.25, -0.2) is 0 Å². The summed E-state index contributed by atoms with van der Waals surface area (Å²) in [6.07, 6.45) is 2.80. The molecule has 0 spiro atoms. The fraction of sp³-hybridized carbons (Fsp3) is 0.389. The summed E-state index contributed by atoms with van der Waals surface area (Å²) in [6, 6.07) is 5.39. The number of hydrogen-bond donors (Lipinski definition) is 3. The number of aryl methyl sites for hydroxylation is 2. The average Bonchev–Trinajstić information content (AvgIpc) is 3.05. The van der Waals surface area contributed by atoms with Crippen LogP contribution in [0.4, 0.5) is 0 Å². The first-order chi connectivity index (χ1) is 12.0. The molecule has 0 aliphatic carbocycles. The number of amides is 1. The smallest absolute Gasteiger partial charge is 0.261 e. The summed E-state index contributed by atoms with van der Waals surface area (Å²) in [7, 11) is 0. The van der Waals surface area contributed by atoms with Gasteiger partial charge in [-0.3, -0.25) is 14.6 Å². The van der Waals surface area contributed by atoms with Gasteiger partial charge in [0.1, 0.15) is 17.4 Å². The summed E-state index contributed by atoms with van der Waals surface area (Å²) in [6.45, 7) is 5.56. The van der Waals surface area contributed by atoms with Gasteiger partial charge in [0.25, 0.3) is 11.5 Å². The molecular formula is C18H22N4O3. The van der Waals surface area contributed by atoms with E-state index in [1.54, 1.807) is 32.2 Å². The Bertz CT molecular complexity index is 825. The third-order valence-corrected chi connectivity index (χ3v) is 4.13. The Balaban J connectivity index is 1.65. The van der Waals surface area contributed by atoms with Gasteiger partial charge in [-0.05, 0) is 44.5 Å². The monoisotopic (exact) mass is 342 g/mol. The SMILES string of the molecule is Cc1cc(C)c(C(=O)NCc2cc(OC3CCNC3)ccn2)c(=O)[nH]1. The normalized spacial score (nSPS) is 16.6. The van der Waals surface area contributed by atoms with Crippen molar-refractivity contribution in [2.75, 3.05) is 13.1 Å². The average molecular weight is 342 g/mol. The molecule has 1 aliphatic heterocycles. The van der Waals surface area contributed by atoms with Gasteiger partial charge in [0.15, 0.2) is 0 Å². The highest BCUT2D eigenvalue weighted by Crippen LogP contribution is 2.15. The number of aromatic nitrogens is 2. The number of H-pyrrole nitrogens is 1. The number of hydrogen-bond acceptors (Lipinski definition) is 5. The Morgan fingerprint density at radius 1 is 1.40 bits per heavy atom. The first-order valence-corrected chi connectivity index (χ1v) is 8.34. The van der Waals surface area contributed by atoms with Gasteiger partial charge in [-0.15, -0.1) is 0 Å². The number of carbonyl (C=O) groups excluding carboxylic acids is 1. The molecule has 25 heavy (non-hydrogen) atoms. The van der Waals surface area contributed by atoms with Crippen molar-refractivity contribution in [1.29, 1.82) is 0 Å². The van der Waals surface area contributed by atoms with Crippen LogP contribution in [0.15, 0.2) is 29.2 Å². The molecule has 2 aromatic heterocycles. The maximum Gasteiger partial charge on any atom is 0.261 e. The Kier molecular flexibility index (Phi) is 5.14. The van der Waals surface area contributed by atoms with Crippen LogP contribution in [-0.4, -0.2) is 35.1 Å². The predicted octanol–water partition coefficient (Wildman–Crippen LogP) is 1.06. The molecule has 1 aliphatic rings. The molecule has 2 aromatic rings. The third kappa shape index (κ3) is 4.24. The fourth-order valence-corrected chi connectivity index (χ4v) is 2.94. The van der Waals surface area contributed by atoms with Gasteiger partial charge in [0, 0.05) is 24.5 Å². The summed E-state index contributed by atoms with van der Waals surface area (Å²) < 4.78 is 5.89. The van der Waals surface area contributed by atoms with Crippen LogP contribution in [-0.2, 0) is 6.54 Å². The standard InChI is InChI=1S/C18H22N4O3/c1-11-7-12(2)22-18(24)16(11)17(23)21-9-13-8-14(4-6-20-13)25-15-3-5-19-10-15/h4,6-8,15,19H,3,5,9-10H2,1-2H3,(H,21,23)(H,22,24). The molecular weight excluding hydrogens is 320 g/mol. The lowest BCUT2D eigenvalue weighted by Gasteiger charge is -2.13. The van der Waals surface area contributed by atoms with Crippen LogP contribution in [0.3, 0.4) is 0 Å². The largest absolute Gasteiger partial charge is 0.489 e. The van der Waals surface area contributed by atoms with Crippen LogP contribution in [0.5, 0.6) is 5.75 Å². The summed E-state index contributed by atoms with van der Waals surface area (Å²) in [4.78, 5) is 31.2. The van der Waals surface area contributed by atoms with Crippen LogP contribution in [0.1, 0.15) is 33.7 Å². The zero-order chi connectivity index (χ0) is 17.8. The molecule has 1 atom stereocenters. The number of aromatic amines is 1. The number of carbonyl (C=O) groups is 1. The van der Waals surface area contributed by atoms with Crippen molar-refractivity contribution < 1.29 is 9.53 Å². The first-order valence-electron chi connectivity index (χ1n) is 8.34. The summed E-state index contributed by atoms with van der Waals surface area (Å²) in [5.41, 5.74) is 1.81. The highest BCUT2D eigenvalue weighted by Gasteiger charge is 2.17. The Morgan fingerprint density at radius 3 is 2.96 bits per heavy atom. The molecule has 1 fully saturated rings. The number of ether oxygens (including phenoxy) is 1. The van der Waals surface area contributed by atoms with Crippen molar-refractivity contribution in [2.24, 2.45) is 0 Å². The molecule has 7 nitrogen and oxygen atoms in total. The van der Waals surface area contributed by atoms with Gasteiger partial charge in [-0.1, -0.05) is 0 Å². The van der Waals surface area contributed by atoms with E-state index >= 15 is 0 Å². The van der Waals surface area contributed by atoms with E-state index in [9.17, 15) is 9.59 Å². The van der Waals surface area contributed by atoms with E-state index in [4.69, 9.17) is 4.74 Å². The Labute approximate surface area is 145 Å². The van der Waals surface area contributed by atoms with Gasteiger partial charge in [0.2, 0.25) is 0 Å². The zero-order valence-corrected chi connectivity index (χ0v) is 14.4. The molecule has 0 bridgehead atoms. The fourth-order valence-electron chi connectivity index (χ4n) is 2.94. The van der Waals surface area contributed by atoms with E-state index in [0.717, 1.165) is 31.0 Å². The Hall–Kier alpha value is -2.67. The summed E-state index contributed by atoms with van der Waals surface area (Å²) in [5, 5.41) is 6.00. The number of nitrogens with one attached hydrogen (secondary N) is 3. The zero-order valence-electron chi connectivity index (χ0n) is 14.4. The van der Waals surface area contributed by atoms with Crippen molar-refractivity contribution >= 4 is 5.91 Å². The van der Waals surface area contributed by atoms with Crippen LogP contribution in [0, 0.1) is 13.8 Å². The van der Waals surface area contributed by atoms with Crippen molar-refractivity contribution in [3.8, 4) is 5.75 Å². The van der Waals surface area contributed by atoms with Gasteiger partial charge >= 0.3 is 0 Å². The van der Waals surface area contributed by atoms with Crippen LogP contribution in [0.25, 0.3) is 0 Å². The number of pyridine rings is 2. The molecule has 3 heterocycles. The van der Waals surface area contributed by atoms with Crippen LogP contribution < -0.4 is 20.9 Å². The van der Waals surface area contributed by atoms with Crippen molar-refractivity contribution in [3.05, 3.63) is 57.3 Å². The quantitative estimate of drug-likeness (QED) is 0.755. The van der Waals surface area contributed by atoms with E-state index in [1.165, 1.54) is 0 Å². The number of nitrogens with zero attached hydrogens (tertiary/aromatic N) is 1. The molecule has 7 heteroatoms. The van der Waals surface area contributed by atoms with Crippen LogP contribution in [0.2, 0.25) is 0 Å². The maximum atomic E-state index is 12.3. The van der Waals surface area contributed by atoms with E-state index in [0.29, 0.717) is 11.3 Å². The van der Waals surface area contributed by atoms with E-state index in [1.807, 2.05) is 6.07 Å². The molecule has 0 radical (unpaired) electrons. The second-order valence-electron chi connectivity index (χ2n) is 6.24. The van der Waals surface area contributed by atoms with E-state index in [-0.39, 0.29) is 23.8 Å². The second kappa shape index (κ2) is 7.48. The molecule has 0 aromatic carbocycles. The van der Waals surface area contributed by atoms with Crippen molar-refractivity contribution in [1.82, 2.24) is 20.6 Å². The lowest BCUT2D eigenvalue weighted by atomic mass is 10.1.